The second-order valence-electron chi connectivity index (χ2n) is 4.91. The summed E-state index contributed by atoms with van der Waals surface area (Å²) in [6.07, 6.45) is 1.11. The maximum Gasteiger partial charge on any atom is 0.0208 e. The minimum absolute atomic E-state index is 0.140. The van der Waals surface area contributed by atoms with Gasteiger partial charge in [-0.1, -0.05) is 24.6 Å². The van der Waals surface area contributed by atoms with Crippen LogP contribution in [0.2, 0.25) is 0 Å². The van der Waals surface area contributed by atoms with Gasteiger partial charge in [0.25, 0.3) is 0 Å². The van der Waals surface area contributed by atoms with E-state index in [0.717, 1.165) is 6.42 Å². The monoisotopic (exact) mass is 206 g/mol. The minimum Gasteiger partial charge on any atom is -0.172 e. The highest BCUT2D eigenvalue weighted by molar-refractivity contribution is 7.81. The molecule has 0 fully saturated rings. The Morgan fingerprint density at radius 2 is 2.00 bits per heavy atom. The highest BCUT2D eigenvalue weighted by Gasteiger charge is 2.37. The standard InChI is InChI=1S/C13H18S/c1-8-5-9(2)12-10(3)13(4,14)7-11(12)6-8/h5-6,10,14H,7H2,1-4H3. The van der Waals surface area contributed by atoms with Crippen molar-refractivity contribution in [3.63, 3.8) is 0 Å². The summed E-state index contributed by atoms with van der Waals surface area (Å²) in [6.45, 7) is 8.93. The molecule has 1 heteroatoms. The largest absolute Gasteiger partial charge is 0.172 e. The first-order chi connectivity index (χ1) is 6.42. The quantitative estimate of drug-likeness (QED) is 0.615. The molecule has 0 amide bonds. The molecular formula is C13H18S. The zero-order chi connectivity index (χ0) is 10.5. The van der Waals surface area contributed by atoms with Crippen molar-refractivity contribution < 1.29 is 0 Å². The Balaban J connectivity index is 2.59. The Kier molecular flexibility index (Phi) is 2.19. The van der Waals surface area contributed by atoms with Crippen LogP contribution in [-0.4, -0.2) is 4.75 Å². The summed E-state index contributed by atoms with van der Waals surface area (Å²) in [5.74, 6) is 0.571. The highest BCUT2D eigenvalue weighted by Crippen LogP contribution is 2.46. The van der Waals surface area contributed by atoms with E-state index in [0.29, 0.717) is 5.92 Å². The van der Waals surface area contributed by atoms with Gasteiger partial charge in [0.1, 0.15) is 0 Å². The Morgan fingerprint density at radius 1 is 1.36 bits per heavy atom. The third-order valence-electron chi connectivity index (χ3n) is 3.53. The van der Waals surface area contributed by atoms with Crippen molar-refractivity contribution in [3.8, 4) is 0 Å². The van der Waals surface area contributed by atoms with Gasteiger partial charge in [0.15, 0.2) is 0 Å². The maximum atomic E-state index is 4.77. The molecule has 0 spiro atoms. The van der Waals surface area contributed by atoms with E-state index < -0.39 is 0 Å². The van der Waals surface area contributed by atoms with Crippen molar-refractivity contribution >= 4 is 12.6 Å². The summed E-state index contributed by atoms with van der Waals surface area (Å²) in [4.78, 5) is 0. The fourth-order valence-electron chi connectivity index (χ4n) is 2.68. The van der Waals surface area contributed by atoms with E-state index >= 15 is 0 Å². The first kappa shape index (κ1) is 10.1. The lowest BCUT2D eigenvalue weighted by molar-refractivity contribution is 0.590. The van der Waals surface area contributed by atoms with Crippen LogP contribution in [0.5, 0.6) is 0 Å². The van der Waals surface area contributed by atoms with E-state index in [2.05, 4.69) is 39.8 Å². The Morgan fingerprint density at radius 3 is 2.64 bits per heavy atom. The molecule has 0 saturated carbocycles. The van der Waals surface area contributed by atoms with E-state index in [1.165, 1.54) is 22.3 Å². The van der Waals surface area contributed by atoms with E-state index in [-0.39, 0.29) is 4.75 Å². The summed E-state index contributed by atoms with van der Waals surface area (Å²) < 4.78 is 0.140. The van der Waals surface area contributed by atoms with Crippen molar-refractivity contribution in [1.29, 1.82) is 0 Å². The van der Waals surface area contributed by atoms with E-state index in [1.54, 1.807) is 0 Å². The normalized spacial score (nSPS) is 30.5. The molecule has 2 atom stereocenters. The van der Waals surface area contributed by atoms with Crippen molar-refractivity contribution in [2.45, 2.75) is 44.8 Å². The number of aryl methyl sites for hydroxylation is 2. The number of hydrogen-bond acceptors (Lipinski definition) is 1. The highest BCUT2D eigenvalue weighted by atomic mass is 32.1. The number of benzene rings is 1. The lowest BCUT2D eigenvalue weighted by Gasteiger charge is -2.23. The Hall–Kier alpha value is -0.430. The van der Waals surface area contributed by atoms with Crippen LogP contribution in [0.25, 0.3) is 0 Å². The fraction of sp³-hybridized carbons (Fsp3) is 0.538. The molecule has 0 radical (unpaired) electrons. The molecular weight excluding hydrogens is 188 g/mol. The van der Waals surface area contributed by atoms with Gasteiger partial charge >= 0.3 is 0 Å². The third kappa shape index (κ3) is 1.38. The maximum absolute atomic E-state index is 4.77. The van der Waals surface area contributed by atoms with E-state index in [1.807, 2.05) is 0 Å². The van der Waals surface area contributed by atoms with Gasteiger partial charge in [-0.25, -0.2) is 0 Å². The molecule has 0 heterocycles. The molecule has 1 aromatic rings. The molecule has 14 heavy (non-hydrogen) atoms. The molecule has 1 aliphatic carbocycles. The molecule has 0 saturated heterocycles. The average Bonchev–Trinajstić information content (AvgIpc) is 2.21. The smallest absolute Gasteiger partial charge is 0.0208 e. The van der Waals surface area contributed by atoms with Gasteiger partial charge in [-0.3, -0.25) is 0 Å². The van der Waals surface area contributed by atoms with Gasteiger partial charge in [0.2, 0.25) is 0 Å². The average molecular weight is 206 g/mol. The molecule has 2 rings (SSSR count). The first-order valence-electron chi connectivity index (χ1n) is 5.24. The first-order valence-corrected chi connectivity index (χ1v) is 5.69. The topological polar surface area (TPSA) is 0 Å². The summed E-state index contributed by atoms with van der Waals surface area (Å²) in [5.41, 5.74) is 5.85. The van der Waals surface area contributed by atoms with Gasteiger partial charge in [-0.2, -0.15) is 12.6 Å². The lowest BCUT2D eigenvalue weighted by atomic mass is 9.92. The molecule has 0 nitrogen and oxygen atoms in total. The number of thiol groups is 1. The van der Waals surface area contributed by atoms with Crippen LogP contribution in [0.3, 0.4) is 0 Å². The molecule has 76 valence electrons. The van der Waals surface area contributed by atoms with Crippen molar-refractivity contribution in [1.82, 2.24) is 0 Å². The molecule has 0 N–H and O–H groups in total. The van der Waals surface area contributed by atoms with Crippen LogP contribution in [-0.2, 0) is 6.42 Å². The Labute approximate surface area is 92.1 Å². The molecule has 1 aliphatic rings. The predicted molar refractivity (Wildman–Crippen MR) is 65.4 cm³/mol. The van der Waals surface area contributed by atoms with E-state index in [4.69, 9.17) is 12.6 Å². The summed E-state index contributed by atoms with van der Waals surface area (Å²) in [6, 6.07) is 4.60. The van der Waals surface area contributed by atoms with Gasteiger partial charge in [0.05, 0.1) is 0 Å². The van der Waals surface area contributed by atoms with Crippen LogP contribution in [0, 0.1) is 13.8 Å². The second kappa shape index (κ2) is 3.03. The van der Waals surface area contributed by atoms with E-state index in [9.17, 15) is 0 Å². The SMILES string of the molecule is Cc1cc(C)c2c(c1)CC(C)(S)C2C. The molecule has 0 aliphatic heterocycles. The Bertz CT molecular complexity index is 377. The summed E-state index contributed by atoms with van der Waals surface area (Å²) >= 11 is 4.77. The number of rotatable bonds is 0. The molecule has 2 unspecified atom stereocenters. The van der Waals surface area contributed by atoms with Crippen molar-refractivity contribution in [2.75, 3.05) is 0 Å². The number of hydrogen-bond donors (Lipinski definition) is 1. The third-order valence-corrected chi connectivity index (χ3v) is 4.08. The molecule has 0 bridgehead atoms. The van der Waals surface area contributed by atoms with Gasteiger partial charge < -0.3 is 0 Å². The summed E-state index contributed by atoms with van der Waals surface area (Å²) in [5, 5.41) is 0. The van der Waals surface area contributed by atoms with Crippen LogP contribution in [0.1, 0.15) is 42.0 Å². The van der Waals surface area contributed by atoms with Crippen molar-refractivity contribution in [3.05, 3.63) is 34.4 Å². The molecule has 1 aromatic carbocycles. The van der Waals surface area contributed by atoms with Crippen LogP contribution in [0.15, 0.2) is 12.1 Å². The lowest BCUT2D eigenvalue weighted by Crippen LogP contribution is -2.20. The van der Waals surface area contributed by atoms with Crippen LogP contribution in [0.4, 0.5) is 0 Å². The fourth-order valence-corrected chi connectivity index (χ4v) is 2.98. The second-order valence-corrected chi connectivity index (χ2v) is 5.93. The predicted octanol–water partition coefficient (Wildman–Crippen LogP) is 3.65. The van der Waals surface area contributed by atoms with Gasteiger partial charge in [-0.15, -0.1) is 0 Å². The molecule has 0 aromatic heterocycles. The summed E-state index contributed by atoms with van der Waals surface area (Å²) in [7, 11) is 0. The van der Waals surface area contributed by atoms with Crippen LogP contribution < -0.4 is 0 Å². The van der Waals surface area contributed by atoms with Crippen molar-refractivity contribution in [2.24, 2.45) is 0 Å². The van der Waals surface area contributed by atoms with Crippen LogP contribution >= 0.6 is 12.6 Å². The zero-order valence-corrected chi connectivity index (χ0v) is 10.3. The minimum atomic E-state index is 0.140. The van der Waals surface area contributed by atoms with Gasteiger partial charge in [0, 0.05) is 4.75 Å². The number of fused-ring (bicyclic) bond motifs is 1. The van der Waals surface area contributed by atoms with Gasteiger partial charge in [-0.05, 0) is 49.8 Å². The zero-order valence-electron chi connectivity index (χ0n) is 9.39.